The third-order valence-corrected chi connectivity index (χ3v) is 3.02. The zero-order valence-electron chi connectivity index (χ0n) is 9.67. The summed E-state index contributed by atoms with van der Waals surface area (Å²) in [6, 6.07) is 3.07. The average Bonchev–Trinajstić information content (AvgIpc) is 2.73. The lowest BCUT2D eigenvalue weighted by atomic mass is 9.98. The van der Waals surface area contributed by atoms with Crippen molar-refractivity contribution in [2.45, 2.75) is 18.8 Å². The summed E-state index contributed by atoms with van der Waals surface area (Å²) in [4.78, 5) is 4.43. The van der Waals surface area contributed by atoms with E-state index in [1.165, 1.54) is 16.8 Å². The Hall–Kier alpha value is -0.910. The smallest absolute Gasteiger partial charge is 0.155 e. The molecule has 7 heteroatoms. The zero-order chi connectivity index (χ0) is 11.0. The molecule has 1 fully saturated rings. The number of rotatable bonds is 1. The van der Waals surface area contributed by atoms with E-state index in [-0.39, 0.29) is 30.6 Å². The lowest BCUT2D eigenvalue weighted by Crippen LogP contribution is -2.27. The molecule has 0 amide bonds. The number of pyridine rings is 1. The summed E-state index contributed by atoms with van der Waals surface area (Å²) in [5.74, 6) is 0.963. The topological polar surface area (TPSA) is 42.2 Å². The molecule has 0 radical (unpaired) electrons. The molecule has 0 atom stereocenters. The lowest BCUT2D eigenvalue weighted by molar-refractivity contribution is 0.445. The monoisotopic (exact) mass is 292 g/mol. The summed E-state index contributed by atoms with van der Waals surface area (Å²) in [5.41, 5.74) is 0.718. The highest BCUT2D eigenvalue weighted by molar-refractivity contribution is 5.85. The molecule has 4 nitrogen and oxygen atoms in total. The summed E-state index contributed by atoms with van der Waals surface area (Å²) in [7, 11) is 0. The van der Waals surface area contributed by atoms with Gasteiger partial charge < -0.3 is 5.32 Å². The predicted molar refractivity (Wildman–Crippen MR) is 72.3 cm³/mol. The van der Waals surface area contributed by atoms with Gasteiger partial charge in [0.25, 0.3) is 0 Å². The fraction of sp³-hybridized carbons (Fsp3) is 0.455. The third-order valence-electron chi connectivity index (χ3n) is 3.02. The van der Waals surface area contributed by atoms with Crippen LogP contribution in [0.15, 0.2) is 18.3 Å². The lowest BCUT2D eigenvalue weighted by Gasteiger charge is -2.19. The van der Waals surface area contributed by atoms with Gasteiger partial charge in [-0.15, -0.1) is 24.8 Å². The fourth-order valence-corrected chi connectivity index (χ4v) is 2.13. The van der Waals surface area contributed by atoms with Crippen LogP contribution < -0.4 is 5.32 Å². The molecular formula is C11H15Cl2FN4. The Balaban J connectivity index is 0.000000810. The summed E-state index contributed by atoms with van der Waals surface area (Å²) in [6.45, 7) is 2.02. The second-order valence-corrected chi connectivity index (χ2v) is 4.14. The van der Waals surface area contributed by atoms with Crippen molar-refractivity contribution < 1.29 is 4.39 Å². The maximum Gasteiger partial charge on any atom is 0.155 e. The van der Waals surface area contributed by atoms with Gasteiger partial charge in [-0.3, -0.25) is 0 Å². The van der Waals surface area contributed by atoms with Crippen molar-refractivity contribution in [3.05, 3.63) is 30.0 Å². The van der Waals surface area contributed by atoms with Crippen LogP contribution in [-0.2, 0) is 0 Å². The first-order chi connectivity index (χ1) is 7.83. The van der Waals surface area contributed by atoms with Crippen LogP contribution in [0, 0.1) is 5.82 Å². The highest BCUT2D eigenvalue weighted by atomic mass is 35.5. The first kappa shape index (κ1) is 15.1. The van der Waals surface area contributed by atoms with Gasteiger partial charge >= 0.3 is 0 Å². The van der Waals surface area contributed by atoms with E-state index in [2.05, 4.69) is 15.4 Å². The molecule has 1 aliphatic heterocycles. The Morgan fingerprint density at radius 2 is 1.94 bits per heavy atom. The number of hydrogen-bond acceptors (Lipinski definition) is 3. The number of fused-ring (bicyclic) bond motifs is 1. The number of aromatic nitrogens is 3. The number of nitrogens with one attached hydrogen (secondary N) is 1. The van der Waals surface area contributed by atoms with E-state index < -0.39 is 0 Å². The van der Waals surface area contributed by atoms with E-state index in [1.54, 1.807) is 6.07 Å². The quantitative estimate of drug-likeness (QED) is 0.876. The molecule has 0 spiro atoms. The van der Waals surface area contributed by atoms with E-state index >= 15 is 0 Å². The second-order valence-electron chi connectivity index (χ2n) is 4.14. The molecule has 1 N–H and O–H groups in total. The standard InChI is InChI=1S/C11H13FN4.2ClH/c12-9-1-2-10-14-11(15-16(10)7-9)8-3-5-13-6-4-8;;/h1-2,7-8,13H,3-6H2;2*1H. The van der Waals surface area contributed by atoms with Crippen LogP contribution >= 0.6 is 24.8 Å². The Labute approximate surface area is 117 Å². The molecule has 0 aliphatic carbocycles. The average molecular weight is 293 g/mol. The summed E-state index contributed by atoms with van der Waals surface area (Å²) in [6.07, 6.45) is 3.48. The molecular weight excluding hydrogens is 278 g/mol. The molecule has 100 valence electrons. The van der Waals surface area contributed by atoms with Gasteiger partial charge in [0.2, 0.25) is 0 Å². The Morgan fingerprint density at radius 3 is 2.67 bits per heavy atom. The van der Waals surface area contributed by atoms with Gasteiger partial charge in [-0.1, -0.05) is 0 Å². The zero-order valence-corrected chi connectivity index (χ0v) is 11.3. The number of halogens is 3. The SMILES string of the molecule is Cl.Cl.Fc1ccc2nc(C3CCNCC3)nn2c1. The number of piperidine rings is 1. The Bertz CT molecular complexity index is 511. The minimum atomic E-state index is -0.283. The molecule has 18 heavy (non-hydrogen) atoms. The van der Waals surface area contributed by atoms with Gasteiger partial charge in [-0.05, 0) is 38.1 Å². The summed E-state index contributed by atoms with van der Waals surface area (Å²) >= 11 is 0. The van der Waals surface area contributed by atoms with Crippen LogP contribution in [0.1, 0.15) is 24.6 Å². The van der Waals surface area contributed by atoms with Crippen molar-refractivity contribution in [2.75, 3.05) is 13.1 Å². The van der Waals surface area contributed by atoms with Crippen LogP contribution in [0.25, 0.3) is 5.65 Å². The van der Waals surface area contributed by atoms with E-state index in [0.29, 0.717) is 5.92 Å². The van der Waals surface area contributed by atoms with Crippen molar-refractivity contribution in [3.63, 3.8) is 0 Å². The Morgan fingerprint density at radius 1 is 1.22 bits per heavy atom. The van der Waals surface area contributed by atoms with Gasteiger partial charge in [0.05, 0.1) is 6.20 Å². The maximum atomic E-state index is 13.0. The molecule has 0 bridgehead atoms. The van der Waals surface area contributed by atoms with Crippen molar-refractivity contribution in [1.29, 1.82) is 0 Å². The molecule has 1 saturated heterocycles. The van der Waals surface area contributed by atoms with Crippen LogP contribution in [0.5, 0.6) is 0 Å². The van der Waals surface area contributed by atoms with Crippen LogP contribution in [0.2, 0.25) is 0 Å². The first-order valence-electron chi connectivity index (χ1n) is 5.55. The van der Waals surface area contributed by atoms with Gasteiger partial charge in [0, 0.05) is 5.92 Å². The molecule has 2 aromatic heterocycles. The second kappa shape index (κ2) is 6.31. The summed E-state index contributed by atoms with van der Waals surface area (Å²) < 4.78 is 14.5. The fourth-order valence-electron chi connectivity index (χ4n) is 2.13. The van der Waals surface area contributed by atoms with E-state index in [9.17, 15) is 4.39 Å². The highest BCUT2D eigenvalue weighted by Crippen LogP contribution is 2.22. The first-order valence-corrected chi connectivity index (χ1v) is 5.55. The van der Waals surface area contributed by atoms with Crippen LogP contribution in [-0.4, -0.2) is 27.7 Å². The highest BCUT2D eigenvalue weighted by Gasteiger charge is 2.19. The van der Waals surface area contributed by atoms with E-state index in [1.807, 2.05) is 0 Å². The molecule has 2 aromatic rings. The molecule has 1 aliphatic rings. The minimum Gasteiger partial charge on any atom is -0.317 e. The molecule has 0 saturated carbocycles. The largest absolute Gasteiger partial charge is 0.317 e. The van der Waals surface area contributed by atoms with Gasteiger partial charge in [-0.25, -0.2) is 13.9 Å². The molecule has 0 unspecified atom stereocenters. The van der Waals surface area contributed by atoms with Crippen molar-refractivity contribution in [3.8, 4) is 0 Å². The van der Waals surface area contributed by atoms with Gasteiger partial charge in [0.15, 0.2) is 11.5 Å². The number of nitrogens with zero attached hydrogens (tertiary/aromatic N) is 3. The molecule has 3 rings (SSSR count). The summed E-state index contributed by atoms with van der Waals surface area (Å²) in [5, 5.41) is 7.64. The van der Waals surface area contributed by atoms with Crippen LogP contribution in [0.4, 0.5) is 4.39 Å². The van der Waals surface area contributed by atoms with Crippen molar-refractivity contribution in [1.82, 2.24) is 19.9 Å². The Kier molecular flexibility index (Phi) is 5.31. The number of hydrogen-bond donors (Lipinski definition) is 1. The van der Waals surface area contributed by atoms with E-state index in [4.69, 9.17) is 0 Å². The van der Waals surface area contributed by atoms with E-state index in [0.717, 1.165) is 37.4 Å². The predicted octanol–water partition coefficient (Wildman–Crippen LogP) is 2.18. The normalized spacial score (nSPS) is 16.1. The molecule has 3 heterocycles. The van der Waals surface area contributed by atoms with Crippen molar-refractivity contribution >= 4 is 30.5 Å². The minimum absolute atomic E-state index is 0. The maximum absolute atomic E-state index is 13.0. The third kappa shape index (κ3) is 2.91. The van der Waals surface area contributed by atoms with Gasteiger partial charge in [0.1, 0.15) is 5.82 Å². The van der Waals surface area contributed by atoms with Crippen molar-refractivity contribution in [2.24, 2.45) is 0 Å². The van der Waals surface area contributed by atoms with Crippen LogP contribution in [0.3, 0.4) is 0 Å². The molecule has 0 aromatic carbocycles. The van der Waals surface area contributed by atoms with Gasteiger partial charge in [-0.2, -0.15) is 5.10 Å².